The molecule has 9 heteroatoms. The summed E-state index contributed by atoms with van der Waals surface area (Å²) in [4.78, 5) is 27.4. The second kappa shape index (κ2) is 8.68. The highest BCUT2D eigenvalue weighted by atomic mass is 16.6. The molecule has 4 bridgehead atoms. The molecule has 35 heavy (non-hydrogen) atoms. The first kappa shape index (κ1) is 24.4. The Hall–Kier alpha value is -2.29. The van der Waals surface area contributed by atoms with Crippen molar-refractivity contribution in [1.82, 2.24) is 20.0 Å². The van der Waals surface area contributed by atoms with Gasteiger partial charge in [0, 0.05) is 17.6 Å². The highest BCUT2D eigenvalue weighted by Crippen LogP contribution is 2.57. The number of cyclic esters (lactones) is 1. The Bertz CT molecular complexity index is 972. The molecule has 5 fully saturated rings. The third-order valence-electron chi connectivity index (χ3n) is 8.42. The lowest BCUT2D eigenvalue weighted by Gasteiger charge is -2.60. The first-order chi connectivity index (χ1) is 16.5. The molecule has 1 saturated heterocycles. The fourth-order valence-corrected chi connectivity index (χ4v) is 7.21. The van der Waals surface area contributed by atoms with Gasteiger partial charge in [-0.2, -0.15) is 5.10 Å². The van der Waals surface area contributed by atoms with Gasteiger partial charge in [0.1, 0.15) is 12.2 Å². The van der Waals surface area contributed by atoms with E-state index in [1.165, 1.54) is 6.42 Å². The van der Waals surface area contributed by atoms with E-state index in [0.29, 0.717) is 68.3 Å². The average Bonchev–Trinajstić information content (AvgIpc) is 3.35. The van der Waals surface area contributed by atoms with Crippen LogP contribution in [0.5, 0.6) is 5.88 Å². The Morgan fingerprint density at radius 2 is 2.03 bits per heavy atom. The first-order valence-corrected chi connectivity index (χ1v) is 13.2. The van der Waals surface area contributed by atoms with Crippen LogP contribution in [-0.4, -0.2) is 68.2 Å². The number of rotatable bonds is 9. The zero-order valence-corrected chi connectivity index (χ0v) is 21.5. The summed E-state index contributed by atoms with van der Waals surface area (Å²) in [5.74, 6) is 1.56. The summed E-state index contributed by atoms with van der Waals surface area (Å²) in [6.07, 6.45) is 7.35. The number of amides is 2. The summed E-state index contributed by atoms with van der Waals surface area (Å²) >= 11 is 0. The van der Waals surface area contributed by atoms with Crippen molar-refractivity contribution in [3.63, 3.8) is 0 Å². The first-order valence-electron chi connectivity index (χ1n) is 13.2. The van der Waals surface area contributed by atoms with Gasteiger partial charge in [-0.05, 0) is 76.5 Å². The molecular weight excluding hydrogens is 448 g/mol. The van der Waals surface area contributed by atoms with Gasteiger partial charge in [0.15, 0.2) is 0 Å². The molecule has 2 unspecified atom stereocenters. The number of hydrogen-bond acceptors (Lipinski definition) is 6. The molecule has 0 spiro atoms. The van der Waals surface area contributed by atoms with Crippen molar-refractivity contribution < 1.29 is 24.2 Å². The zero-order chi connectivity index (χ0) is 25.0. The van der Waals surface area contributed by atoms with Crippen molar-refractivity contribution >= 4 is 12.0 Å². The number of aryl methyl sites for hydroxylation is 1. The molecule has 0 aromatic carbocycles. The van der Waals surface area contributed by atoms with Crippen LogP contribution in [0.4, 0.5) is 4.79 Å². The summed E-state index contributed by atoms with van der Waals surface area (Å²) in [5.41, 5.74) is -0.954. The molecule has 4 saturated carbocycles. The van der Waals surface area contributed by atoms with Gasteiger partial charge in [0.25, 0.3) is 5.91 Å². The maximum absolute atomic E-state index is 13.6. The topological polar surface area (TPSA) is 106 Å². The normalized spacial score (nSPS) is 31.8. The van der Waals surface area contributed by atoms with E-state index in [1.807, 2.05) is 13.8 Å². The molecule has 4 aliphatic carbocycles. The molecule has 1 aliphatic heterocycles. The SMILES string of the molecule is CC(C)COc1c(C(=O)NC23CC4CC(CC(O)(C4)C2)C3)cnn1CCC(C)(C)N1CCOC1=O. The number of carbonyl (C=O) groups excluding carboxylic acids is 2. The third kappa shape index (κ3) is 4.76. The molecule has 9 nitrogen and oxygen atoms in total. The van der Waals surface area contributed by atoms with Crippen LogP contribution in [0, 0.1) is 17.8 Å². The summed E-state index contributed by atoms with van der Waals surface area (Å²) in [6.45, 7) is 10.1. The monoisotopic (exact) mass is 488 g/mol. The van der Waals surface area contributed by atoms with Crippen LogP contribution in [0.1, 0.15) is 83.0 Å². The van der Waals surface area contributed by atoms with Gasteiger partial charge in [-0.15, -0.1) is 0 Å². The Balaban J connectivity index is 1.33. The van der Waals surface area contributed by atoms with Crippen molar-refractivity contribution in [2.45, 2.75) is 95.9 Å². The minimum Gasteiger partial charge on any atom is -0.477 e. The smallest absolute Gasteiger partial charge is 0.410 e. The highest BCUT2D eigenvalue weighted by molar-refractivity contribution is 5.96. The maximum atomic E-state index is 13.6. The Kier molecular flexibility index (Phi) is 6.05. The third-order valence-corrected chi connectivity index (χ3v) is 8.42. The quantitative estimate of drug-likeness (QED) is 0.552. The predicted molar refractivity (Wildman–Crippen MR) is 129 cm³/mol. The molecule has 194 valence electrons. The van der Waals surface area contributed by atoms with Gasteiger partial charge in [-0.25, -0.2) is 9.48 Å². The van der Waals surface area contributed by atoms with Crippen LogP contribution in [0.25, 0.3) is 0 Å². The van der Waals surface area contributed by atoms with Crippen LogP contribution < -0.4 is 10.1 Å². The molecule has 2 N–H and O–H groups in total. The van der Waals surface area contributed by atoms with Crippen LogP contribution in [-0.2, 0) is 11.3 Å². The van der Waals surface area contributed by atoms with Crippen LogP contribution >= 0.6 is 0 Å². The molecule has 2 heterocycles. The molecule has 5 aliphatic rings. The largest absolute Gasteiger partial charge is 0.477 e. The molecule has 1 aromatic rings. The molecular formula is C26H40N4O5. The van der Waals surface area contributed by atoms with Gasteiger partial charge in [-0.1, -0.05) is 13.8 Å². The van der Waals surface area contributed by atoms with Crippen molar-refractivity contribution in [3.05, 3.63) is 11.8 Å². The summed E-state index contributed by atoms with van der Waals surface area (Å²) in [6, 6.07) is 0. The van der Waals surface area contributed by atoms with E-state index < -0.39 is 11.1 Å². The second-order valence-corrected chi connectivity index (χ2v) is 12.5. The van der Waals surface area contributed by atoms with E-state index in [-0.39, 0.29) is 17.5 Å². The number of carbonyl (C=O) groups is 2. The minimum absolute atomic E-state index is 0.178. The standard InChI is InChI=1S/C26H40N4O5/c1-17(2)15-35-22-20(14-27-30(22)6-5-24(3,4)29-7-8-34-23(29)32)21(31)28-25-10-18-9-19(11-25)13-26(33,12-18)16-25/h14,17-19,33H,5-13,15-16H2,1-4H3,(H,28,31). The van der Waals surface area contributed by atoms with Crippen molar-refractivity contribution in [1.29, 1.82) is 0 Å². The lowest BCUT2D eigenvalue weighted by molar-refractivity contribution is -0.139. The predicted octanol–water partition coefficient (Wildman–Crippen LogP) is 3.35. The van der Waals surface area contributed by atoms with Crippen LogP contribution in [0.15, 0.2) is 6.20 Å². The van der Waals surface area contributed by atoms with E-state index in [2.05, 4.69) is 24.3 Å². The number of aliphatic hydroxyl groups is 1. The minimum atomic E-state index is -0.638. The fourth-order valence-electron chi connectivity index (χ4n) is 7.21. The van der Waals surface area contributed by atoms with E-state index in [9.17, 15) is 14.7 Å². The molecule has 6 rings (SSSR count). The van der Waals surface area contributed by atoms with Gasteiger partial charge < -0.3 is 19.9 Å². The Labute approximate surface area is 207 Å². The number of aromatic nitrogens is 2. The number of nitrogens with one attached hydrogen (secondary N) is 1. The van der Waals surface area contributed by atoms with Crippen LogP contribution in [0.3, 0.4) is 0 Å². The van der Waals surface area contributed by atoms with E-state index in [0.717, 1.165) is 25.7 Å². The number of hydrogen-bond donors (Lipinski definition) is 2. The van der Waals surface area contributed by atoms with Gasteiger partial charge >= 0.3 is 6.09 Å². The molecule has 0 radical (unpaired) electrons. The summed E-state index contributed by atoms with van der Waals surface area (Å²) < 4.78 is 13.0. The Morgan fingerprint density at radius 1 is 1.31 bits per heavy atom. The fraction of sp³-hybridized carbons (Fsp3) is 0.808. The van der Waals surface area contributed by atoms with Crippen LogP contribution in [0.2, 0.25) is 0 Å². The maximum Gasteiger partial charge on any atom is 0.410 e. The second-order valence-electron chi connectivity index (χ2n) is 12.5. The van der Waals surface area contributed by atoms with Gasteiger partial charge in [0.2, 0.25) is 5.88 Å². The number of ether oxygens (including phenoxy) is 2. The average molecular weight is 489 g/mol. The number of nitrogens with zero attached hydrogens (tertiary/aromatic N) is 3. The van der Waals surface area contributed by atoms with Crippen molar-refractivity contribution in [3.8, 4) is 5.88 Å². The highest BCUT2D eigenvalue weighted by Gasteiger charge is 2.57. The Morgan fingerprint density at radius 3 is 2.63 bits per heavy atom. The summed E-state index contributed by atoms with van der Waals surface area (Å²) in [5, 5.41) is 18.9. The van der Waals surface area contributed by atoms with E-state index in [1.54, 1.807) is 15.8 Å². The summed E-state index contributed by atoms with van der Waals surface area (Å²) in [7, 11) is 0. The lowest BCUT2D eigenvalue weighted by atomic mass is 9.51. The van der Waals surface area contributed by atoms with E-state index in [4.69, 9.17) is 9.47 Å². The van der Waals surface area contributed by atoms with Crippen molar-refractivity contribution in [2.75, 3.05) is 19.8 Å². The molecule has 2 atom stereocenters. The van der Waals surface area contributed by atoms with Gasteiger partial charge in [0.05, 0.1) is 24.9 Å². The lowest BCUT2D eigenvalue weighted by Crippen LogP contribution is -2.65. The van der Waals surface area contributed by atoms with E-state index >= 15 is 0 Å². The molecule has 1 aromatic heterocycles. The molecule has 2 amide bonds. The zero-order valence-electron chi connectivity index (χ0n) is 21.5. The van der Waals surface area contributed by atoms with Crippen molar-refractivity contribution in [2.24, 2.45) is 17.8 Å². The van der Waals surface area contributed by atoms with Gasteiger partial charge in [-0.3, -0.25) is 9.69 Å².